The van der Waals surface area contributed by atoms with Crippen LogP contribution in [0.15, 0.2) is 15.8 Å². The Morgan fingerprint density at radius 3 is 3.07 bits per heavy atom. The lowest BCUT2D eigenvalue weighted by Gasteiger charge is -2.03. The van der Waals surface area contributed by atoms with E-state index in [1.54, 1.807) is 18.9 Å². The van der Waals surface area contributed by atoms with Crippen LogP contribution in [0.3, 0.4) is 0 Å². The number of aromatic nitrogens is 2. The van der Waals surface area contributed by atoms with E-state index < -0.39 is 0 Å². The summed E-state index contributed by atoms with van der Waals surface area (Å²) in [7, 11) is 1.70. The van der Waals surface area contributed by atoms with Gasteiger partial charge in [0.05, 0.1) is 4.47 Å². The van der Waals surface area contributed by atoms with Crippen LogP contribution in [-0.2, 0) is 4.74 Å². The summed E-state index contributed by atoms with van der Waals surface area (Å²) >= 11 is 10.8. The zero-order valence-electron chi connectivity index (χ0n) is 7.67. The van der Waals surface area contributed by atoms with Crippen molar-refractivity contribution in [1.29, 1.82) is 0 Å². The molecule has 1 aromatic heterocycles. The van der Waals surface area contributed by atoms with Gasteiger partial charge in [-0.2, -0.15) is 0 Å². The highest BCUT2D eigenvalue weighted by Crippen LogP contribution is 2.29. The van der Waals surface area contributed by atoms with Crippen LogP contribution in [0.4, 0.5) is 0 Å². The third-order valence-electron chi connectivity index (χ3n) is 1.45. The Balaban J connectivity index is 2.46. The quantitative estimate of drug-likeness (QED) is 0.475. The molecule has 1 rings (SSSR count). The maximum Gasteiger partial charge on any atom is 0.147 e. The number of nitrogens with zero attached hydrogens (tertiary/aromatic N) is 2. The number of halogens is 2. The van der Waals surface area contributed by atoms with Crippen molar-refractivity contribution in [2.24, 2.45) is 0 Å². The molecule has 0 amide bonds. The molecule has 0 N–H and O–H groups in total. The van der Waals surface area contributed by atoms with Gasteiger partial charge in [0.1, 0.15) is 16.5 Å². The SMILES string of the molecule is COCCCSc1ncnc(Cl)c1Br. The van der Waals surface area contributed by atoms with Crippen molar-refractivity contribution in [3.8, 4) is 0 Å². The minimum absolute atomic E-state index is 0.453. The fourth-order valence-electron chi connectivity index (χ4n) is 0.806. The Bertz CT molecular complexity index is 301. The van der Waals surface area contributed by atoms with Gasteiger partial charge in [0.25, 0.3) is 0 Å². The molecule has 0 aliphatic heterocycles. The van der Waals surface area contributed by atoms with E-state index in [-0.39, 0.29) is 0 Å². The Morgan fingerprint density at radius 2 is 2.36 bits per heavy atom. The second-order valence-corrected chi connectivity index (χ2v) is 4.71. The van der Waals surface area contributed by atoms with Gasteiger partial charge in [-0.15, -0.1) is 11.8 Å². The first-order chi connectivity index (χ1) is 6.75. The molecule has 0 unspecified atom stereocenters. The van der Waals surface area contributed by atoms with E-state index in [1.165, 1.54) is 6.33 Å². The van der Waals surface area contributed by atoms with Gasteiger partial charge >= 0.3 is 0 Å². The van der Waals surface area contributed by atoms with E-state index in [4.69, 9.17) is 16.3 Å². The minimum Gasteiger partial charge on any atom is -0.385 e. The summed E-state index contributed by atoms with van der Waals surface area (Å²) in [6, 6.07) is 0. The maximum atomic E-state index is 5.82. The van der Waals surface area contributed by atoms with E-state index in [0.29, 0.717) is 5.15 Å². The average Bonchev–Trinajstić information content (AvgIpc) is 2.19. The minimum atomic E-state index is 0.453. The molecule has 1 heterocycles. The standard InChI is InChI=1S/C8H10BrClN2OS/c1-13-3-2-4-14-8-6(9)7(10)11-5-12-8/h5H,2-4H2,1H3. The fourth-order valence-corrected chi connectivity index (χ4v) is 2.34. The summed E-state index contributed by atoms with van der Waals surface area (Å²) < 4.78 is 5.72. The highest BCUT2D eigenvalue weighted by atomic mass is 79.9. The lowest BCUT2D eigenvalue weighted by atomic mass is 10.5. The summed E-state index contributed by atoms with van der Waals surface area (Å²) in [6.45, 7) is 0.767. The molecule has 0 radical (unpaired) electrons. The monoisotopic (exact) mass is 296 g/mol. The van der Waals surface area contributed by atoms with Crippen LogP contribution in [0.1, 0.15) is 6.42 Å². The molecule has 0 aliphatic carbocycles. The van der Waals surface area contributed by atoms with Gasteiger partial charge in [-0.3, -0.25) is 0 Å². The van der Waals surface area contributed by atoms with Crippen molar-refractivity contribution in [2.45, 2.75) is 11.4 Å². The summed E-state index contributed by atoms with van der Waals surface area (Å²) in [6.07, 6.45) is 2.46. The van der Waals surface area contributed by atoms with Gasteiger partial charge in [-0.25, -0.2) is 9.97 Å². The number of hydrogen-bond donors (Lipinski definition) is 0. The fraction of sp³-hybridized carbons (Fsp3) is 0.500. The first-order valence-electron chi connectivity index (χ1n) is 4.03. The molecular formula is C8H10BrClN2OS. The summed E-state index contributed by atoms with van der Waals surface area (Å²) in [4.78, 5) is 7.97. The van der Waals surface area contributed by atoms with Crippen molar-refractivity contribution in [3.05, 3.63) is 16.0 Å². The van der Waals surface area contributed by atoms with E-state index >= 15 is 0 Å². The van der Waals surface area contributed by atoms with Crippen LogP contribution < -0.4 is 0 Å². The molecule has 0 atom stereocenters. The molecule has 0 aliphatic rings. The van der Waals surface area contributed by atoms with Crippen molar-refractivity contribution < 1.29 is 4.74 Å². The normalized spacial score (nSPS) is 10.5. The van der Waals surface area contributed by atoms with Crippen LogP contribution in [0.2, 0.25) is 5.15 Å². The van der Waals surface area contributed by atoms with Crippen LogP contribution in [0, 0.1) is 0 Å². The molecule has 0 saturated carbocycles. The number of rotatable bonds is 5. The smallest absolute Gasteiger partial charge is 0.147 e. The van der Waals surface area contributed by atoms with Crippen LogP contribution in [0.25, 0.3) is 0 Å². The largest absolute Gasteiger partial charge is 0.385 e. The number of ether oxygens (including phenoxy) is 1. The van der Waals surface area contributed by atoms with E-state index in [2.05, 4.69) is 25.9 Å². The molecule has 78 valence electrons. The molecule has 0 saturated heterocycles. The Hall–Kier alpha value is 0.160. The Morgan fingerprint density at radius 1 is 1.57 bits per heavy atom. The Kier molecular flexibility index (Phi) is 5.77. The third-order valence-corrected chi connectivity index (χ3v) is 4.05. The zero-order chi connectivity index (χ0) is 10.4. The van der Waals surface area contributed by atoms with Crippen molar-refractivity contribution >= 4 is 39.3 Å². The topological polar surface area (TPSA) is 35.0 Å². The second-order valence-electron chi connectivity index (χ2n) is 2.48. The second kappa shape index (κ2) is 6.61. The molecule has 1 aromatic rings. The van der Waals surface area contributed by atoms with Gasteiger partial charge in [-0.05, 0) is 22.4 Å². The maximum absolute atomic E-state index is 5.82. The summed E-state index contributed by atoms with van der Waals surface area (Å²) in [5.41, 5.74) is 0. The Labute approximate surface area is 101 Å². The molecule has 0 aromatic carbocycles. The van der Waals surface area contributed by atoms with E-state index in [0.717, 1.165) is 28.3 Å². The molecule has 0 spiro atoms. The zero-order valence-corrected chi connectivity index (χ0v) is 10.8. The van der Waals surface area contributed by atoms with Gasteiger partial charge < -0.3 is 4.74 Å². The van der Waals surface area contributed by atoms with Crippen molar-refractivity contribution in [3.63, 3.8) is 0 Å². The predicted molar refractivity (Wildman–Crippen MR) is 62.0 cm³/mol. The van der Waals surface area contributed by atoms with Gasteiger partial charge in [-0.1, -0.05) is 11.6 Å². The van der Waals surface area contributed by atoms with E-state index in [9.17, 15) is 0 Å². The number of hydrogen-bond acceptors (Lipinski definition) is 4. The number of methoxy groups -OCH3 is 1. The first kappa shape index (κ1) is 12.2. The highest BCUT2D eigenvalue weighted by Gasteiger charge is 2.06. The van der Waals surface area contributed by atoms with Crippen LogP contribution in [0.5, 0.6) is 0 Å². The first-order valence-corrected chi connectivity index (χ1v) is 6.19. The molecule has 3 nitrogen and oxygen atoms in total. The highest BCUT2D eigenvalue weighted by molar-refractivity contribution is 9.10. The van der Waals surface area contributed by atoms with E-state index in [1.807, 2.05) is 0 Å². The van der Waals surface area contributed by atoms with Gasteiger partial charge in [0.15, 0.2) is 0 Å². The van der Waals surface area contributed by atoms with Gasteiger partial charge in [0.2, 0.25) is 0 Å². The summed E-state index contributed by atoms with van der Waals surface area (Å²) in [5, 5.41) is 1.33. The van der Waals surface area contributed by atoms with Gasteiger partial charge in [0, 0.05) is 19.5 Å². The lowest BCUT2D eigenvalue weighted by molar-refractivity contribution is 0.200. The molecule has 14 heavy (non-hydrogen) atoms. The molecular weight excluding hydrogens is 288 g/mol. The third kappa shape index (κ3) is 3.73. The van der Waals surface area contributed by atoms with Crippen LogP contribution >= 0.6 is 39.3 Å². The van der Waals surface area contributed by atoms with Crippen LogP contribution in [-0.4, -0.2) is 29.4 Å². The lowest BCUT2D eigenvalue weighted by Crippen LogP contribution is -1.92. The van der Waals surface area contributed by atoms with Crippen molar-refractivity contribution in [2.75, 3.05) is 19.5 Å². The average molecular weight is 298 g/mol. The predicted octanol–water partition coefficient (Wildman–Crippen LogP) is 3.02. The molecule has 6 heteroatoms. The summed E-state index contributed by atoms with van der Waals surface area (Å²) in [5.74, 6) is 0.958. The molecule has 0 bridgehead atoms. The number of thioether (sulfide) groups is 1. The molecule has 0 fully saturated rings. The van der Waals surface area contributed by atoms with Crippen molar-refractivity contribution in [1.82, 2.24) is 9.97 Å².